The molecule has 0 aliphatic heterocycles. The molecule has 2 aromatic carbocycles. The van der Waals surface area contributed by atoms with Crippen LogP contribution >= 0.6 is 22.6 Å². The summed E-state index contributed by atoms with van der Waals surface area (Å²) in [7, 11) is 1.60. The first-order valence-corrected chi connectivity index (χ1v) is 9.16. The Morgan fingerprint density at radius 3 is 2.59 bits per heavy atom. The highest BCUT2D eigenvalue weighted by molar-refractivity contribution is 14.1. The van der Waals surface area contributed by atoms with Crippen molar-refractivity contribution in [3.8, 4) is 0 Å². The molecule has 1 atom stereocenters. The van der Waals surface area contributed by atoms with Crippen molar-refractivity contribution < 1.29 is 23.8 Å². The predicted octanol–water partition coefficient (Wildman–Crippen LogP) is 2.59. The number of hydrogen-bond acceptors (Lipinski definition) is 5. The van der Waals surface area contributed by atoms with Gasteiger partial charge in [0.15, 0.2) is 0 Å². The Morgan fingerprint density at radius 2 is 2.00 bits per heavy atom. The monoisotopic (exact) mass is 491 g/mol. The number of nitrogens with zero attached hydrogens (tertiary/aromatic N) is 1. The molecule has 0 saturated heterocycles. The third-order valence-electron chi connectivity index (χ3n) is 3.95. The molecule has 1 amide bonds. The van der Waals surface area contributed by atoms with E-state index in [2.05, 4.69) is 5.32 Å². The first kappa shape index (κ1) is 21.3. The quantitative estimate of drug-likeness (QED) is 0.426. The molecule has 146 valence electrons. The number of nitrogens with one attached hydrogen (secondary N) is 1. The molecule has 9 heteroatoms. The summed E-state index contributed by atoms with van der Waals surface area (Å²) >= 11 is 1.96. The Hall–Kier alpha value is -1.98. The molecule has 0 radical (unpaired) electrons. The second-order valence-electron chi connectivity index (χ2n) is 6.01. The van der Waals surface area contributed by atoms with Crippen LogP contribution in [0.5, 0.6) is 0 Å². The third kappa shape index (κ3) is 5.50. The zero-order chi connectivity index (χ0) is 20.1. The highest BCUT2D eigenvalue weighted by atomic mass is 127. The van der Waals surface area contributed by atoms with Crippen LogP contribution in [0.15, 0.2) is 30.3 Å². The molecule has 0 heterocycles. The molecule has 0 aromatic heterocycles. The highest BCUT2D eigenvalue weighted by Gasteiger charge is 2.20. The van der Waals surface area contributed by atoms with Crippen LogP contribution in [0.25, 0.3) is 0 Å². The van der Waals surface area contributed by atoms with Gasteiger partial charge in [-0.2, -0.15) is 0 Å². The van der Waals surface area contributed by atoms with E-state index in [1.807, 2.05) is 22.6 Å². The van der Waals surface area contributed by atoms with Crippen molar-refractivity contribution in [2.24, 2.45) is 5.73 Å². The number of primary amides is 1. The number of aliphatic hydroxyl groups is 2. The second kappa shape index (κ2) is 9.29. The van der Waals surface area contributed by atoms with E-state index >= 15 is 0 Å². The van der Waals surface area contributed by atoms with E-state index in [1.165, 1.54) is 17.0 Å². The van der Waals surface area contributed by atoms with Gasteiger partial charge < -0.3 is 26.2 Å². The maximum absolute atomic E-state index is 14.2. The molecule has 0 spiro atoms. The Morgan fingerprint density at radius 1 is 1.30 bits per heavy atom. The lowest BCUT2D eigenvalue weighted by atomic mass is 10.1. The van der Waals surface area contributed by atoms with E-state index in [9.17, 15) is 18.7 Å². The number of anilines is 3. The van der Waals surface area contributed by atoms with Crippen molar-refractivity contribution in [1.29, 1.82) is 0 Å². The Bertz CT molecular complexity index is 836. The van der Waals surface area contributed by atoms with Crippen molar-refractivity contribution >= 4 is 45.6 Å². The van der Waals surface area contributed by atoms with Gasteiger partial charge >= 0.3 is 0 Å². The van der Waals surface area contributed by atoms with Crippen LogP contribution in [-0.4, -0.2) is 42.4 Å². The minimum atomic E-state index is -0.934. The second-order valence-corrected chi connectivity index (χ2v) is 7.25. The van der Waals surface area contributed by atoms with Gasteiger partial charge in [-0.3, -0.25) is 4.79 Å². The number of rotatable bonds is 8. The van der Waals surface area contributed by atoms with E-state index in [-0.39, 0.29) is 35.6 Å². The fourth-order valence-corrected chi connectivity index (χ4v) is 2.99. The van der Waals surface area contributed by atoms with Gasteiger partial charge in [0.25, 0.3) is 5.91 Å². The van der Waals surface area contributed by atoms with Crippen molar-refractivity contribution in [2.75, 3.05) is 30.4 Å². The molecule has 0 aliphatic carbocycles. The van der Waals surface area contributed by atoms with Gasteiger partial charge in [0.05, 0.1) is 35.3 Å². The average Bonchev–Trinajstić information content (AvgIpc) is 2.60. The Kier molecular flexibility index (Phi) is 7.33. The van der Waals surface area contributed by atoms with Crippen molar-refractivity contribution in [3.05, 3.63) is 51.1 Å². The van der Waals surface area contributed by atoms with Crippen LogP contribution in [0.1, 0.15) is 16.8 Å². The first-order chi connectivity index (χ1) is 12.7. The summed E-state index contributed by atoms with van der Waals surface area (Å²) in [6.07, 6.45) is -0.729. The number of carbonyl (C=O) groups excluding carboxylic acids is 1. The fraction of sp³-hybridized carbons (Fsp3) is 0.278. The summed E-state index contributed by atoms with van der Waals surface area (Å²) in [4.78, 5) is 13.6. The summed E-state index contributed by atoms with van der Waals surface area (Å²) in [5.74, 6) is -2.01. The molecule has 6 nitrogen and oxygen atoms in total. The minimum Gasteiger partial charge on any atom is -0.394 e. The van der Waals surface area contributed by atoms with Crippen LogP contribution in [-0.2, 0) is 0 Å². The summed E-state index contributed by atoms with van der Waals surface area (Å²) in [6.45, 7) is -0.165. The van der Waals surface area contributed by atoms with E-state index in [0.29, 0.717) is 3.57 Å². The number of hydrogen-bond donors (Lipinski definition) is 4. The molecular formula is C18H20F2IN3O3. The summed E-state index contributed by atoms with van der Waals surface area (Å²) in [5, 5.41) is 21.1. The standard InChI is InChI=1S/C18H20F2IN3O3/c1-24(5-4-12(26)9-25)16-7-10(19)6-15(17(16)18(22)27)23-14-3-2-11(21)8-13(14)20/h2-3,6-8,12,23,25-26H,4-5,9H2,1H3,(H2,22,27)/t12-/m1/s1. The molecular weight excluding hydrogens is 471 g/mol. The predicted molar refractivity (Wildman–Crippen MR) is 108 cm³/mol. The minimum absolute atomic E-state index is 0.00432. The Labute approximate surface area is 169 Å². The molecule has 2 aromatic rings. The summed E-state index contributed by atoms with van der Waals surface area (Å²) in [5.41, 5.74) is 5.79. The molecule has 2 rings (SSSR count). The molecule has 0 saturated carbocycles. The van der Waals surface area contributed by atoms with Gasteiger partial charge in [-0.1, -0.05) is 0 Å². The lowest BCUT2D eigenvalue weighted by Gasteiger charge is -2.24. The fourth-order valence-electron chi connectivity index (χ4n) is 2.54. The van der Waals surface area contributed by atoms with Crippen LogP contribution in [0.4, 0.5) is 25.8 Å². The van der Waals surface area contributed by atoms with E-state index in [0.717, 1.165) is 12.1 Å². The molecule has 27 heavy (non-hydrogen) atoms. The lowest BCUT2D eigenvalue weighted by Crippen LogP contribution is -2.27. The van der Waals surface area contributed by atoms with Crippen LogP contribution in [0.2, 0.25) is 0 Å². The third-order valence-corrected chi connectivity index (χ3v) is 4.62. The maximum atomic E-state index is 14.2. The topological polar surface area (TPSA) is 98.8 Å². The number of nitrogens with two attached hydrogens (primary N) is 1. The van der Waals surface area contributed by atoms with E-state index in [1.54, 1.807) is 13.1 Å². The molecule has 0 bridgehead atoms. The van der Waals surface area contributed by atoms with Crippen molar-refractivity contribution in [2.45, 2.75) is 12.5 Å². The van der Waals surface area contributed by atoms with Gasteiger partial charge in [-0.15, -0.1) is 0 Å². The Balaban J connectivity index is 2.42. The smallest absolute Gasteiger partial charge is 0.252 e. The van der Waals surface area contributed by atoms with E-state index < -0.39 is 30.3 Å². The van der Waals surface area contributed by atoms with Crippen LogP contribution in [0, 0.1) is 15.2 Å². The normalized spacial score (nSPS) is 11.9. The molecule has 5 N–H and O–H groups in total. The van der Waals surface area contributed by atoms with Gasteiger partial charge in [0.2, 0.25) is 0 Å². The first-order valence-electron chi connectivity index (χ1n) is 8.08. The zero-order valence-electron chi connectivity index (χ0n) is 14.5. The van der Waals surface area contributed by atoms with Gasteiger partial charge in [0, 0.05) is 17.2 Å². The molecule has 0 unspecified atom stereocenters. The zero-order valence-corrected chi connectivity index (χ0v) is 16.7. The lowest BCUT2D eigenvalue weighted by molar-refractivity contribution is 0.0900. The van der Waals surface area contributed by atoms with Crippen molar-refractivity contribution in [1.82, 2.24) is 0 Å². The van der Waals surface area contributed by atoms with E-state index in [4.69, 9.17) is 10.8 Å². The van der Waals surface area contributed by atoms with Crippen molar-refractivity contribution in [3.63, 3.8) is 0 Å². The largest absolute Gasteiger partial charge is 0.394 e. The van der Waals surface area contributed by atoms with Gasteiger partial charge in [-0.05, 0) is 59.3 Å². The summed E-state index contributed by atoms with van der Waals surface area (Å²) < 4.78 is 29.0. The summed E-state index contributed by atoms with van der Waals surface area (Å²) in [6, 6.07) is 6.65. The van der Waals surface area contributed by atoms with Crippen LogP contribution < -0.4 is 16.0 Å². The number of benzene rings is 2. The molecule has 0 fully saturated rings. The average molecular weight is 491 g/mol. The SMILES string of the molecule is CN(CC[C@@H](O)CO)c1cc(F)cc(Nc2ccc(I)cc2F)c1C(N)=O. The van der Waals surface area contributed by atoms with Gasteiger partial charge in [-0.25, -0.2) is 8.78 Å². The number of carbonyl (C=O) groups is 1. The maximum Gasteiger partial charge on any atom is 0.252 e. The molecule has 0 aliphatic rings. The van der Waals surface area contributed by atoms with Gasteiger partial charge in [0.1, 0.15) is 11.6 Å². The number of halogens is 3. The number of amides is 1. The highest BCUT2D eigenvalue weighted by Crippen LogP contribution is 2.32. The number of aliphatic hydroxyl groups excluding tert-OH is 2. The van der Waals surface area contributed by atoms with Crippen LogP contribution in [0.3, 0.4) is 0 Å².